The molecule has 0 radical (unpaired) electrons. The third-order valence-electron chi connectivity index (χ3n) is 3.68. The number of aromatic hydroxyl groups is 2. The van der Waals surface area contributed by atoms with Crippen LogP contribution in [0, 0.1) is 12.3 Å². The van der Waals surface area contributed by atoms with Gasteiger partial charge in [-0.05, 0) is 17.7 Å². The van der Waals surface area contributed by atoms with Gasteiger partial charge in [0.05, 0.1) is 6.10 Å². The van der Waals surface area contributed by atoms with Gasteiger partial charge in [-0.3, -0.25) is 4.79 Å². The summed E-state index contributed by atoms with van der Waals surface area (Å²) in [6, 6.07) is 4.01. The van der Waals surface area contributed by atoms with E-state index in [0.29, 0.717) is 24.8 Å². The van der Waals surface area contributed by atoms with E-state index < -0.39 is 11.8 Å². The summed E-state index contributed by atoms with van der Waals surface area (Å²) in [5, 5.41) is 39.1. The van der Waals surface area contributed by atoms with Crippen LogP contribution in [0.3, 0.4) is 0 Å². The van der Waals surface area contributed by atoms with Crippen LogP contribution in [-0.4, -0.2) is 33.4 Å². The molecule has 4 N–H and O–H groups in total. The molecular formula is C16H19N3O4. The van der Waals surface area contributed by atoms with Crippen LogP contribution in [-0.2, 0) is 4.79 Å². The second-order valence-electron chi connectivity index (χ2n) is 5.45. The van der Waals surface area contributed by atoms with Crippen LogP contribution in [0.1, 0.15) is 37.4 Å². The van der Waals surface area contributed by atoms with Crippen molar-refractivity contribution in [2.45, 2.75) is 37.5 Å². The van der Waals surface area contributed by atoms with Crippen molar-refractivity contribution in [3.63, 3.8) is 0 Å². The minimum atomic E-state index is -0.976. The van der Waals surface area contributed by atoms with Gasteiger partial charge in [0.15, 0.2) is 17.2 Å². The molecule has 7 heteroatoms. The van der Waals surface area contributed by atoms with Crippen molar-refractivity contribution < 1.29 is 20.1 Å². The van der Waals surface area contributed by atoms with E-state index >= 15 is 0 Å². The number of phenols is 2. The summed E-state index contributed by atoms with van der Waals surface area (Å²) >= 11 is 0. The number of aliphatic hydroxyl groups is 1. The van der Waals surface area contributed by atoms with Gasteiger partial charge in [-0.15, -0.1) is 12.3 Å². The summed E-state index contributed by atoms with van der Waals surface area (Å²) in [6.45, 7) is 0.00862. The van der Waals surface area contributed by atoms with Gasteiger partial charge in [-0.25, -0.2) is 0 Å². The van der Waals surface area contributed by atoms with Crippen molar-refractivity contribution in [2.75, 3.05) is 6.54 Å². The first-order valence-corrected chi connectivity index (χ1v) is 7.30. The van der Waals surface area contributed by atoms with E-state index in [0.717, 1.165) is 0 Å². The molecule has 1 amide bonds. The predicted molar refractivity (Wildman–Crippen MR) is 82.6 cm³/mol. The first-order valence-electron chi connectivity index (χ1n) is 7.30. The van der Waals surface area contributed by atoms with Crippen LogP contribution in [0.15, 0.2) is 28.4 Å². The first-order chi connectivity index (χ1) is 11.0. The lowest BCUT2D eigenvalue weighted by Gasteiger charge is -2.14. The van der Waals surface area contributed by atoms with Crippen molar-refractivity contribution in [3.8, 4) is 23.8 Å². The number of nitrogens with zero attached hydrogens (tertiary/aromatic N) is 2. The lowest BCUT2D eigenvalue weighted by molar-refractivity contribution is -0.121. The molecule has 1 aromatic rings. The number of amides is 1. The maximum atomic E-state index is 11.8. The number of hydrogen-bond donors (Lipinski definition) is 4. The Morgan fingerprint density at radius 3 is 2.65 bits per heavy atom. The zero-order valence-corrected chi connectivity index (χ0v) is 12.6. The number of hydrogen-bond acceptors (Lipinski definition) is 6. The minimum absolute atomic E-state index is 0.00862. The van der Waals surface area contributed by atoms with Crippen LogP contribution < -0.4 is 5.32 Å². The van der Waals surface area contributed by atoms with Gasteiger partial charge < -0.3 is 20.6 Å². The highest BCUT2D eigenvalue weighted by atomic mass is 16.3. The topological polar surface area (TPSA) is 115 Å². The highest BCUT2D eigenvalue weighted by Crippen LogP contribution is 2.37. The Bertz CT molecular complexity index is 645. The summed E-state index contributed by atoms with van der Waals surface area (Å²) in [5.74, 6) is 1.72. The van der Waals surface area contributed by atoms with Gasteiger partial charge in [-0.2, -0.15) is 10.2 Å². The summed E-state index contributed by atoms with van der Waals surface area (Å²) in [4.78, 5) is 11.8. The number of terminal acetylenes is 1. The molecule has 1 unspecified atom stereocenters. The van der Waals surface area contributed by atoms with Gasteiger partial charge >= 0.3 is 0 Å². The Morgan fingerprint density at radius 2 is 2.04 bits per heavy atom. The Labute approximate surface area is 134 Å². The minimum Gasteiger partial charge on any atom is -0.504 e. The molecular weight excluding hydrogens is 298 g/mol. The highest BCUT2D eigenvalue weighted by Gasteiger charge is 2.39. The van der Waals surface area contributed by atoms with Crippen molar-refractivity contribution in [1.29, 1.82) is 0 Å². The molecule has 1 aromatic carbocycles. The smallest absolute Gasteiger partial charge is 0.220 e. The zero-order valence-electron chi connectivity index (χ0n) is 12.6. The van der Waals surface area contributed by atoms with Crippen molar-refractivity contribution in [1.82, 2.24) is 5.32 Å². The molecule has 0 saturated heterocycles. The van der Waals surface area contributed by atoms with Gasteiger partial charge in [0.2, 0.25) is 5.91 Å². The van der Waals surface area contributed by atoms with Crippen LogP contribution in [0.25, 0.3) is 0 Å². The van der Waals surface area contributed by atoms with E-state index in [1.54, 1.807) is 0 Å². The fourth-order valence-electron chi connectivity index (χ4n) is 2.15. The maximum Gasteiger partial charge on any atom is 0.220 e. The lowest BCUT2D eigenvalue weighted by Crippen LogP contribution is -2.29. The number of carbonyl (C=O) groups is 1. The SMILES string of the molecule is C#CCCC1(CCC(=O)NCC(O)c2ccc(O)c(O)c2)N=N1. The van der Waals surface area contributed by atoms with E-state index in [2.05, 4.69) is 21.5 Å². The third kappa shape index (κ3) is 4.69. The van der Waals surface area contributed by atoms with Crippen LogP contribution in [0.5, 0.6) is 11.5 Å². The molecule has 0 saturated carbocycles. The molecule has 122 valence electrons. The van der Waals surface area contributed by atoms with Crippen molar-refractivity contribution in [3.05, 3.63) is 23.8 Å². The normalized spacial score (nSPS) is 15.7. The summed E-state index contributed by atoms with van der Waals surface area (Å²) in [6.07, 6.45) is 6.18. The number of benzene rings is 1. The van der Waals surface area contributed by atoms with E-state index in [1.165, 1.54) is 18.2 Å². The van der Waals surface area contributed by atoms with Gasteiger partial charge in [0.25, 0.3) is 0 Å². The summed E-state index contributed by atoms with van der Waals surface area (Å²) < 4.78 is 0. The average Bonchev–Trinajstić information content (AvgIpc) is 3.31. The monoisotopic (exact) mass is 317 g/mol. The molecule has 0 aromatic heterocycles. The number of rotatable bonds is 8. The van der Waals surface area contributed by atoms with E-state index in [4.69, 9.17) is 6.42 Å². The second-order valence-corrected chi connectivity index (χ2v) is 5.45. The molecule has 0 fully saturated rings. The molecule has 1 heterocycles. The molecule has 1 aliphatic heterocycles. The average molecular weight is 317 g/mol. The standard InChI is InChI=1S/C16H19N3O4/c1-2-3-7-16(18-19-16)8-6-15(23)17-10-14(22)11-4-5-12(20)13(21)9-11/h1,4-5,9,14,20-22H,3,6-8,10H2,(H,17,23). The first kappa shape index (κ1) is 16.8. The molecule has 0 aliphatic carbocycles. The zero-order chi connectivity index (χ0) is 16.9. The molecule has 0 bridgehead atoms. The predicted octanol–water partition coefficient (Wildman–Crippen LogP) is 1.60. The molecule has 2 rings (SSSR count). The van der Waals surface area contributed by atoms with Crippen molar-refractivity contribution in [2.24, 2.45) is 10.2 Å². The van der Waals surface area contributed by atoms with Crippen LogP contribution in [0.4, 0.5) is 0 Å². The summed E-state index contributed by atoms with van der Waals surface area (Å²) in [5.41, 5.74) is -0.0938. The van der Waals surface area contributed by atoms with Gasteiger partial charge in [-0.1, -0.05) is 6.07 Å². The summed E-state index contributed by atoms with van der Waals surface area (Å²) in [7, 11) is 0. The van der Waals surface area contributed by atoms with Gasteiger partial charge in [0.1, 0.15) is 0 Å². The van der Waals surface area contributed by atoms with Gasteiger partial charge in [0, 0.05) is 32.2 Å². The lowest BCUT2D eigenvalue weighted by atomic mass is 10.0. The number of phenolic OH excluding ortho intramolecular Hbond substituents is 2. The molecule has 0 spiro atoms. The fourth-order valence-corrected chi connectivity index (χ4v) is 2.15. The van der Waals surface area contributed by atoms with E-state index in [-0.39, 0.29) is 30.4 Å². The third-order valence-corrected chi connectivity index (χ3v) is 3.68. The molecule has 1 atom stereocenters. The second kappa shape index (κ2) is 7.11. The Morgan fingerprint density at radius 1 is 1.30 bits per heavy atom. The quantitative estimate of drug-likeness (QED) is 0.430. The van der Waals surface area contributed by atoms with E-state index in [9.17, 15) is 20.1 Å². The number of carbonyl (C=O) groups excluding carboxylic acids is 1. The molecule has 23 heavy (non-hydrogen) atoms. The molecule has 7 nitrogen and oxygen atoms in total. The Hall–Kier alpha value is -2.59. The Kier molecular flexibility index (Phi) is 5.19. The van der Waals surface area contributed by atoms with E-state index in [1.807, 2.05) is 0 Å². The van der Waals surface area contributed by atoms with Crippen LogP contribution in [0.2, 0.25) is 0 Å². The number of aliphatic hydroxyl groups excluding tert-OH is 1. The van der Waals surface area contributed by atoms with Crippen LogP contribution >= 0.6 is 0 Å². The molecule has 1 aliphatic rings. The number of nitrogens with one attached hydrogen (secondary N) is 1. The Balaban J connectivity index is 1.74. The fraction of sp³-hybridized carbons (Fsp3) is 0.438. The maximum absolute atomic E-state index is 11.8. The highest BCUT2D eigenvalue weighted by molar-refractivity contribution is 5.76. The largest absolute Gasteiger partial charge is 0.504 e. The van der Waals surface area contributed by atoms with Crippen molar-refractivity contribution >= 4 is 5.91 Å².